The minimum Gasteiger partial charge on any atom is -0.444 e. The molecule has 0 aliphatic rings. The molecule has 0 aromatic carbocycles. The van der Waals surface area contributed by atoms with Gasteiger partial charge in [0.15, 0.2) is 0 Å². The van der Waals surface area contributed by atoms with Crippen molar-refractivity contribution in [3.8, 4) is 0 Å². The first-order valence-electron chi connectivity index (χ1n) is 6.51. The van der Waals surface area contributed by atoms with E-state index >= 15 is 0 Å². The average molecular weight is 305 g/mol. The van der Waals surface area contributed by atoms with E-state index < -0.39 is 6.09 Å². The number of pyridine rings is 1. The molecule has 0 saturated heterocycles. The lowest BCUT2D eigenvalue weighted by molar-refractivity contribution is -0.0760. The number of allylic oxidation sites excluding steroid dienone is 1. The van der Waals surface area contributed by atoms with Crippen molar-refractivity contribution < 1.29 is 19.2 Å². The summed E-state index contributed by atoms with van der Waals surface area (Å²) < 4.78 is 5.01. The van der Waals surface area contributed by atoms with E-state index in [0.29, 0.717) is 5.69 Å². The van der Waals surface area contributed by atoms with Gasteiger partial charge in [0, 0.05) is 7.05 Å². The molecule has 7 heteroatoms. The summed E-state index contributed by atoms with van der Waals surface area (Å²) >= 11 is 0. The first-order chi connectivity index (χ1) is 10.5. The number of hydrogen-bond donors (Lipinski definition) is 1. The highest BCUT2D eigenvalue weighted by atomic mass is 16.7. The molecule has 0 atom stereocenters. The maximum absolute atomic E-state index is 11.8. The molecule has 0 aliphatic carbocycles. The standard InChI is InChI=1S/C15H19N3O4/c1-5-11(6-2)10-22-15(20)17-12-7-8-13(16-9-12)14(19)18(3)21-4/h5-9H,1,10H2,2-4H3,(H,17,20)/b11-6+. The highest BCUT2D eigenvalue weighted by Gasteiger charge is 2.13. The molecule has 1 aromatic heterocycles. The Kier molecular flexibility index (Phi) is 6.78. The summed E-state index contributed by atoms with van der Waals surface area (Å²) in [5, 5.41) is 3.57. The van der Waals surface area contributed by atoms with Crippen molar-refractivity contribution in [2.24, 2.45) is 0 Å². The number of rotatable bonds is 6. The van der Waals surface area contributed by atoms with Crippen molar-refractivity contribution in [3.05, 3.63) is 48.3 Å². The van der Waals surface area contributed by atoms with E-state index in [9.17, 15) is 9.59 Å². The number of carbonyl (C=O) groups excluding carboxylic acids is 2. The molecule has 0 radical (unpaired) electrons. The zero-order valence-electron chi connectivity index (χ0n) is 12.8. The molecule has 0 fully saturated rings. The predicted octanol–water partition coefficient (Wildman–Crippen LogP) is 2.40. The van der Waals surface area contributed by atoms with E-state index in [1.165, 1.54) is 26.4 Å². The fraction of sp³-hybridized carbons (Fsp3) is 0.267. The molecule has 0 aliphatic heterocycles. The van der Waals surface area contributed by atoms with Crippen LogP contribution >= 0.6 is 0 Å². The van der Waals surface area contributed by atoms with Crippen molar-refractivity contribution in [1.29, 1.82) is 0 Å². The van der Waals surface area contributed by atoms with Crippen molar-refractivity contribution in [1.82, 2.24) is 10.0 Å². The van der Waals surface area contributed by atoms with Crippen LogP contribution in [0.3, 0.4) is 0 Å². The molecule has 0 unspecified atom stereocenters. The van der Waals surface area contributed by atoms with Gasteiger partial charge in [0.05, 0.1) is 19.0 Å². The minimum absolute atomic E-state index is 0.133. The molecule has 0 bridgehead atoms. The van der Waals surface area contributed by atoms with E-state index in [0.717, 1.165) is 10.6 Å². The molecule has 0 saturated carbocycles. The summed E-state index contributed by atoms with van der Waals surface area (Å²) in [6, 6.07) is 3.03. The Labute approximate surface area is 129 Å². The van der Waals surface area contributed by atoms with Gasteiger partial charge in [0.1, 0.15) is 12.3 Å². The second-order valence-corrected chi connectivity index (χ2v) is 4.19. The van der Waals surface area contributed by atoms with E-state index in [2.05, 4.69) is 16.9 Å². The van der Waals surface area contributed by atoms with Gasteiger partial charge in [-0.3, -0.25) is 14.9 Å². The number of nitrogens with one attached hydrogen (secondary N) is 1. The Hall–Kier alpha value is -2.67. The normalized spacial score (nSPS) is 10.8. The fourth-order valence-corrected chi connectivity index (χ4v) is 1.40. The minimum atomic E-state index is -0.615. The second-order valence-electron chi connectivity index (χ2n) is 4.19. The van der Waals surface area contributed by atoms with Gasteiger partial charge in [-0.15, -0.1) is 0 Å². The highest BCUT2D eigenvalue weighted by Crippen LogP contribution is 2.09. The lowest BCUT2D eigenvalue weighted by atomic mass is 10.3. The van der Waals surface area contributed by atoms with E-state index in [-0.39, 0.29) is 18.2 Å². The maximum atomic E-state index is 11.8. The van der Waals surface area contributed by atoms with Gasteiger partial charge in [-0.1, -0.05) is 18.7 Å². The number of hydroxylamine groups is 2. The molecule has 1 N–H and O–H groups in total. The van der Waals surface area contributed by atoms with E-state index in [1.54, 1.807) is 18.2 Å². The first kappa shape index (κ1) is 17.4. The Morgan fingerprint density at radius 1 is 1.45 bits per heavy atom. The molecule has 118 valence electrons. The van der Waals surface area contributed by atoms with Crippen LogP contribution in [-0.4, -0.2) is 42.8 Å². The fourth-order valence-electron chi connectivity index (χ4n) is 1.40. The molecule has 1 aromatic rings. The van der Waals surface area contributed by atoms with Crippen LogP contribution in [0.4, 0.5) is 10.5 Å². The number of carbonyl (C=O) groups is 2. The molecule has 2 amide bonds. The van der Waals surface area contributed by atoms with E-state index in [4.69, 9.17) is 9.57 Å². The van der Waals surface area contributed by atoms with Gasteiger partial charge in [-0.25, -0.2) is 14.8 Å². The quantitative estimate of drug-likeness (QED) is 0.644. The topological polar surface area (TPSA) is 80.8 Å². The molecule has 1 heterocycles. The zero-order valence-corrected chi connectivity index (χ0v) is 12.8. The van der Waals surface area contributed by atoms with Crippen LogP contribution in [-0.2, 0) is 9.57 Å². The number of nitrogens with zero attached hydrogens (tertiary/aromatic N) is 2. The Morgan fingerprint density at radius 2 is 2.18 bits per heavy atom. The van der Waals surface area contributed by atoms with Crippen LogP contribution in [0.25, 0.3) is 0 Å². The molecular formula is C15H19N3O4. The summed E-state index contributed by atoms with van der Waals surface area (Å²) in [6.45, 7) is 5.57. The third-order valence-electron chi connectivity index (χ3n) is 2.79. The van der Waals surface area contributed by atoms with Crippen molar-refractivity contribution in [2.75, 3.05) is 26.1 Å². The predicted molar refractivity (Wildman–Crippen MR) is 82.3 cm³/mol. The third kappa shape index (κ3) is 5.02. The van der Waals surface area contributed by atoms with Crippen LogP contribution < -0.4 is 5.32 Å². The number of ether oxygens (including phenoxy) is 1. The molecule has 0 spiro atoms. The lowest BCUT2D eigenvalue weighted by Gasteiger charge is -2.13. The molecular weight excluding hydrogens is 286 g/mol. The average Bonchev–Trinajstić information content (AvgIpc) is 2.55. The maximum Gasteiger partial charge on any atom is 0.412 e. The molecule has 7 nitrogen and oxygen atoms in total. The zero-order chi connectivity index (χ0) is 16.5. The summed E-state index contributed by atoms with van der Waals surface area (Å²) in [6.07, 6.45) is 4.16. The lowest BCUT2D eigenvalue weighted by Crippen LogP contribution is -2.26. The van der Waals surface area contributed by atoms with Gasteiger partial charge in [0.25, 0.3) is 5.91 Å². The Bertz CT molecular complexity index is 567. The molecule has 1 rings (SSSR count). The van der Waals surface area contributed by atoms with Crippen LogP contribution in [0.2, 0.25) is 0 Å². The van der Waals surface area contributed by atoms with Gasteiger partial charge in [-0.2, -0.15) is 0 Å². The van der Waals surface area contributed by atoms with E-state index in [1.807, 2.05) is 6.92 Å². The molecule has 22 heavy (non-hydrogen) atoms. The van der Waals surface area contributed by atoms with Crippen molar-refractivity contribution in [3.63, 3.8) is 0 Å². The van der Waals surface area contributed by atoms with Gasteiger partial charge in [0.2, 0.25) is 0 Å². The van der Waals surface area contributed by atoms with Gasteiger partial charge >= 0.3 is 6.09 Å². The Morgan fingerprint density at radius 3 is 2.68 bits per heavy atom. The van der Waals surface area contributed by atoms with Gasteiger partial charge < -0.3 is 4.74 Å². The van der Waals surface area contributed by atoms with Crippen LogP contribution in [0.5, 0.6) is 0 Å². The third-order valence-corrected chi connectivity index (χ3v) is 2.79. The second kappa shape index (κ2) is 8.58. The SMILES string of the molecule is C=C/C(=C\C)COC(=O)Nc1ccc(C(=O)N(C)OC)nc1. The van der Waals surface area contributed by atoms with Gasteiger partial charge in [-0.05, 0) is 24.6 Å². The summed E-state index contributed by atoms with van der Waals surface area (Å²) in [7, 11) is 2.86. The number of anilines is 1. The van der Waals surface area contributed by atoms with Crippen molar-refractivity contribution >= 4 is 17.7 Å². The summed E-state index contributed by atoms with van der Waals surface area (Å²) in [4.78, 5) is 32.1. The largest absolute Gasteiger partial charge is 0.444 e. The number of aromatic nitrogens is 1. The monoisotopic (exact) mass is 305 g/mol. The summed E-state index contributed by atoms with van der Waals surface area (Å²) in [5.74, 6) is -0.389. The smallest absolute Gasteiger partial charge is 0.412 e. The van der Waals surface area contributed by atoms with Crippen LogP contribution in [0, 0.1) is 0 Å². The summed E-state index contributed by atoms with van der Waals surface area (Å²) in [5.41, 5.74) is 1.42. The van der Waals surface area contributed by atoms with Crippen molar-refractivity contribution in [2.45, 2.75) is 6.92 Å². The first-order valence-corrected chi connectivity index (χ1v) is 6.51. The highest BCUT2D eigenvalue weighted by molar-refractivity contribution is 5.92. The Balaban J connectivity index is 2.59. The number of hydrogen-bond acceptors (Lipinski definition) is 5. The van der Waals surface area contributed by atoms with Crippen LogP contribution in [0.1, 0.15) is 17.4 Å². The van der Waals surface area contributed by atoms with Crippen LogP contribution in [0.15, 0.2) is 42.6 Å². The number of amides is 2.